The highest BCUT2D eigenvalue weighted by molar-refractivity contribution is 5.13. The van der Waals surface area contributed by atoms with Gasteiger partial charge >= 0.3 is 0 Å². The number of nitrogens with one attached hydrogen (secondary N) is 1. The molecule has 16 heavy (non-hydrogen) atoms. The molecule has 0 aromatic heterocycles. The third-order valence-electron chi connectivity index (χ3n) is 2.71. The maximum atomic E-state index is 5.65. The van der Waals surface area contributed by atoms with E-state index >= 15 is 0 Å². The molecule has 2 rings (SSSR count). The second-order valence-corrected chi connectivity index (χ2v) is 4.25. The molecule has 0 radical (unpaired) electrons. The molecule has 3 nitrogen and oxygen atoms in total. The van der Waals surface area contributed by atoms with E-state index in [1.165, 1.54) is 5.56 Å². The predicted molar refractivity (Wildman–Crippen MR) is 63.3 cm³/mol. The average Bonchev–Trinajstić information content (AvgIpc) is 2.33. The summed E-state index contributed by atoms with van der Waals surface area (Å²) in [5.41, 5.74) is 1.22. The molecule has 0 saturated carbocycles. The van der Waals surface area contributed by atoms with Gasteiger partial charge in [0.05, 0.1) is 32.0 Å². The van der Waals surface area contributed by atoms with Crippen LogP contribution in [0, 0.1) is 0 Å². The summed E-state index contributed by atoms with van der Waals surface area (Å²) in [7, 11) is 0. The molecule has 1 aromatic carbocycles. The summed E-state index contributed by atoms with van der Waals surface area (Å²) in [4.78, 5) is 0. The minimum absolute atomic E-state index is 0.324. The van der Waals surface area contributed by atoms with Crippen molar-refractivity contribution in [3.05, 3.63) is 35.9 Å². The Morgan fingerprint density at radius 3 is 2.88 bits per heavy atom. The predicted octanol–water partition coefficient (Wildman–Crippen LogP) is 1.58. The van der Waals surface area contributed by atoms with Crippen LogP contribution in [0.3, 0.4) is 0 Å². The first-order chi connectivity index (χ1) is 7.84. The summed E-state index contributed by atoms with van der Waals surface area (Å²) in [6, 6.07) is 10.6. The third kappa shape index (κ3) is 3.59. The van der Waals surface area contributed by atoms with Crippen molar-refractivity contribution in [2.24, 2.45) is 0 Å². The van der Waals surface area contributed by atoms with Crippen LogP contribution >= 0.6 is 0 Å². The van der Waals surface area contributed by atoms with Crippen LogP contribution in [0.4, 0.5) is 0 Å². The Morgan fingerprint density at radius 2 is 2.19 bits per heavy atom. The Bertz CT molecular complexity index is 294. The van der Waals surface area contributed by atoms with Crippen LogP contribution in [-0.2, 0) is 16.1 Å². The fraction of sp³-hybridized carbons (Fsp3) is 0.538. The molecule has 1 heterocycles. The second-order valence-electron chi connectivity index (χ2n) is 4.25. The molecular weight excluding hydrogens is 202 g/mol. The molecule has 1 fully saturated rings. The van der Waals surface area contributed by atoms with E-state index in [2.05, 4.69) is 24.4 Å². The summed E-state index contributed by atoms with van der Waals surface area (Å²) in [6.45, 7) is 5.12. The van der Waals surface area contributed by atoms with Gasteiger partial charge in [0.25, 0.3) is 0 Å². The van der Waals surface area contributed by atoms with E-state index in [4.69, 9.17) is 9.47 Å². The molecule has 0 aliphatic carbocycles. The highest BCUT2D eigenvalue weighted by atomic mass is 16.5. The van der Waals surface area contributed by atoms with Gasteiger partial charge in [-0.25, -0.2) is 0 Å². The van der Waals surface area contributed by atoms with Crippen molar-refractivity contribution in [2.75, 3.05) is 19.8 Å². The second kappa shape index (κ2) is 5.99. The van der Waals surface area contributed by atoms with E-state index in [9.17, 15) is 0 Å². The van der Waals surface area contributed by atoms with Gasteiger partial charge in [0.15, 0.2) is 0 Å². The number of rotatable bonds is 4. The van der Waals surface area contributed by atoms with E-state index in [0.29, 0.717) is 25.4 Å². The first-order valence-corrected chi connectivity index (χ1v) is 5.81. The summed E-state index contributed by atoms with van der Waals surface area (Å²) in [5, 5.41) is 3.41. The van der Waals surface area contributed by atoms with E-state index in [1.807, 2.05) is 18.2 Å². The summed E-state index contributed by atoms with van der Waals surface area (Å²) in [6.07, 6.45) is 0.324. The van der Waals surface area contributed by atoms with Gasteiger partial charge in [-0.2, -0.15) is 0 Å². The summed E-state index contributed by atoms with van der Waals surface area (Å²) < 4.78 is 11.2. The molecule has 0 bridgehead atoms. The smallest absolute Gasteiger partial charge is 0.0717 e. The zero-order valence-electron chi connectivity index (χ0n) is 9.69. The highest BCUT2D eigenvalue weighted by Gasteiger charge is 2.17. The highest BCUT2D eigenvalue weighted by Crippen LogP contribution is 2.04. The van der Waals surface area contributed by atoms with Crippen LogP contribution in [0.25, 0.3) is 0 Å². The van der Waals surface area contributed by atoms with Crippen molar-refractivity contribution >= 4 is 0 Å². The molecule has 88 valence electrons. The van der Waals surface area contributed by atoms with Crippen LogP contribution in [0.1, 0.15) is 12.5 Å². The Morgan fingerprint density at radius 1 is 1.38 bits per heavy atom. The van der Waals surface area contributed by atoms with Gasteiger partial charge in [-0.3, -0.25) is 0 Å². The maximum Gasteiger partial charge on any atom is 0.0717 e. The Kier molecular flexibility index (Phi) is 4.34. The molecule has 1 saturated heterocycles. The molecule has 1 aliphatic heterocycles. The topological polar surface area (TPSA) is 30.5 Å². The number of benzene rings is 1. The van der Waals surface area contributed by atoms with Crippen LogP contribution in [0.15, 0.2) is 30.3 Å². The van der Waals surface area contributed by atoms with E-state index in [0.717, 1.165) is 13.2 Å². The number of ether oxygens (including phenoxy) is 2. The fourth-order valence-corrected chi connectivity index (χ4v) is 1.73. The van der Waals surface area contributed by atoms with Gasteiger partial charge in [-0.05, 0) is 12.5 Å². The lowest BCUT2D eigenvalue weighted by Crippen LogP contribution is -2.47. The van der Waals surface area contributed by atoms with Crippen molar-refractivity contribution in [3.8, 4) is 0 Å². The minimum atomic E-state index is 0.324. The Labute approximate surface area is 96.8 Å². The van der Waals surface area contributed by atoms with Crippen LogP contribution in [0.2, 0.25) is 0 Å². The molecule has 2 atom stereocenters. The maximum absolute atomic E-state index is 5.65. The Balaban J connectivity index is 1.65. The van der Waals surface area contributed by atoms with Gasteiger partial charge < -0.3 is 14.8 Å². The molecule has 3 heteroatoms. The van der Waals surface area contributed by atoms with E-state index in [1.54, 1.807) is 0 Å². The molecular formula is C13H19NO2. The van der Waals surface area contributed by atoms with E-state index in [-0.39, 0.29) is 0 Å². The largest absolute Gasteiger partial charge is 0.375 e. The van der Waals surface area contributed by atoms with Crippen molar-refractivity contribution in [1.29, 1.82) is 0 Å². The fourth-order valence-electron chi connectivity index (χ4n) is 1.73. The lowest BCUT2D eigenvalue weighted by molar-refractivity contribution is -0.0144. The van der Waals surface area contributed by atoms with Crippen LogP contribution < -0.4 is 5.32 Å². The average molecular weight is 221 g/mol. The standard InChI is InChI=1S/C13H19NO2/c1-11-7-14-13(10-16-11)9-15-8-12-5-3-2-4-6-12/h2-6,11,13-14H,7-10H2,1H3/t11?,13-/m0/s1. The SMILES string of the molecule is CC1CN[C@@H](COCc2ccccc2)CO1. The third-order valence-corrected chi connectivity index (χ3v) is 2.71. The molecule has 1 aromatic rings. The quantitative estimate of drug-likeness (QED) is 0.837. The molecule has 1 N–H and O–H groups in total. The number of hydrogen-bond acceptors (Lipinski definition) is 3. The van der Waals surface area contributed by atoms with Crippen molar-refractivity contribution in [2.45, 2.75) is 25.7 Å². The minimum Gasteiger partial charge on any atom is -0.375 e. The summed E-state index contributed by atoms with van der Waals surface area (Å²) >= 11 is 0. The molecule has 0 amide bonds. The van der Waals surface area contributed by atoms with Crippen LogP contribution in [0.5, 0.6) is 0 Å². The van der Waals surface area contributed by atoms with Crippen molar-refractivity contribution < 1.29 is 9.47 Å². The summed E-state index contributed by atoms with van der Waals surface area (Å²) in [5.74, 6) is 0. The zero-order chi connectivity index (χ0) is 11.2. The van der Waals surface area contributed by atoms with Crippen LogP contribution in [-0.4, -0.2) is 31.9 Å². The monoisotopic (exact) mass is 221 g/mol. The number of morpholine rings is 1. The van der Waals surface area contributed by atoms with Gasteiger partial charge in [0.2, 0.25) is 0 Å². The normalized spacial score (nSPS) is 25.6. The lowest BCUT2D eigenvalue weighted by Gasteiger charge is -2.28. The zero-order valence-corrected chi connectivity index (χ0v) is 9.69. The Hall–Kier alpha value is -0.900. The molecule has 0 spiro atoms. The van der Waals surface area contributed by atoms with Crippen molar-refractivity contribution in [1.82, 2.24) is 5.32 Å². The van der Waals surface area contributed by atoms with Gasteiger partial charge in [0.1, 0.15) is 0 Å². The van der Waals surface area contributed by atoms with E-state index < -0.39 is 0 Å². The lowest BCUT2D eigenvalue weighted by atomic mass is 10.2. The van der Waals surface area contributed by atoms with Gasteiger partial charge in [-0.1, -0.05) is 30.3 Å². The first kappa shape index (κ1) is 11.6. The first-order valence-electron chi connectivity index (χ1n) is 5.81. The van der Waals surface area contributed by atoms with Crippen molar-refractivity contribution in [3.63, 3.8) is 0 Å². The molecule has 1 unspecified atom stereocenters. The van der Waals surface area contributed by atoms with Gasteiger partial charge in [-0.15, -0.1) is 0 Å². The van der Waals surface area contributed by atoms with Gasteiger partial charge in [0, 0.05) is 6.54 Å². The number of hydrogen-bond donors (Lipinski definition) is 1. The molecule has 1 aliphatic rings.